The molecule has 0 bridgehead atoms. The molecule has 0 radical (unpaired) electrons. The minimum absolute atomic E-state index is 0.461. The van der Waals surface area contributed by atoms with E-state index < -0.39 is 5.97 Å². The van der Waals surface area contributed by atoms with Crippen molar-refractivity contribution in [3.05, 3.63) is 67.9 Å². The van der Waals surface area contributed by atoms with E-state index in [1.54, 1.807) is 23.6 Å². The van der Waals surface area contributed by atoms with E-state index in [4.69, 9.17) is 21.4 Å². The lowest BCUT2D eigenvalue weighted by Gasteiger charge is -2.11. The molecule has 0 N–H and O–H groups in total. The van der Waals surface area contributed by atoms with Gasteiger partial charge in [-0.2, -0.15) is 0 Å². The van der Waals surface area contributed by atoms with Crippen LogP contribution in [0.4, 0.5) is 0 Å². The van der Waals surface area contributed by atoms with Crippen LogP contribution in [-0.2, 0) is 17.7 Å². The molecular formula is C21H16ClN3O2S2. The molecule has 0 saturated heterocycles. The van der Waals surface area contributed by atoms with Gasteiger partial charge in [0.25, 0.3) is 0 Å². The van der Waals surface area contributed by atoms with Crippen LogP contribution in [0.3, 0.4) is 0 Å². The maximum absolute atomic E-state index is 12.1. The normalized spacial score (nSPS) is 13.8. The molecule has 1 aromatic carbocycles. The van der Waals surface area contributed by atoms with Crippen molar-refractivity contribution in [1.29, 1.82) is 0 Å². The van der Waals surface area contributed by atoms with Gasteiger partial charge in [-0.25, -0.2) is 9.78 Å². The quantitative estimate of drug-likeness (QED) is 0.227. The molecule has 0 aliphatic heterocycles. The number of thiophene rings is 1. The van der Waals surface area contributed by atoms with Crippen LogP contribution in [0.5, 0.6) is 0 Å². The summed E-state index contributed by atoms with van der Waals surface area (Å²) in [5, 5.41) is 6.51. The van der Waals surface area contributed by atoms with Crippen molar-refractivity contribution >= 4 is 51.4 Å². The summed E-state index contributed by atoms with van der Waals surface area (Å²) >= 11 is 9.11. The smallest absolute Gasteiger partial charge is 0.312 e. The molecule has 5 nitrogen and oxygen atoms in total. The zero-order valence-corrected chi connectivity index (χ0v) is 17.7. The molecule has 0 fully saturated rings. The third-order valence-electron chi connectivity index (χ3n) is 4.91. The number of fused-ring (bicyclic) bond motifs is 3. The monoisotopic (exact) mass is 441 g/mol. The molecule has 8 heteroatoms. The van der Waals surface area contributed by atoms with Gasteiger partial charge < -0.3 is 4.84 Å². The largest absolute Gasteiger partial charge is 0.375 e. The van der Waals surface area contributed by atoms with Crippen molar-refractivity contribution in [2.75, 3.05) is 0 Å². The fraction of sp³-hybridized carbons (Fsp3) is 0.190. The Bertz CT molecular complexity index is 1210. The first-order valence-electron chi connectivity index (χ1n) is 9.28. The van der Waals surface area contributed by atoms with E-state index in [-0.39, 0.29) is 0 Å². The number of nitrogens with zero attached hydrogens (tertiary/aromatic N) is 3. The van der Waals surface area contributed by atoms with Gasteiger partial charge in [0, 0.05) is 21.2 Å². The second-order valence-electron chi connectivity index (χ2n) is 6.74. The summed E-state index contributed by atoms with van der Waals surface area (Å²) in [7, 11) is 0. The predicted octanol–water partition coefficient (Wildman–Crippen LogP) is 5.85. The lowest BCUT2D eigenvalue weighted by atomic mass is 10.0. The van der Waals surface area contributed by atoms with Gasteiger partial charge in [0.05, 0.1) is 17.6 Å². The van der Waals surface area contributed by atoms with Gasteiger partial charge in [0.2, 0.25) is 0 Å². The van der Waals surface area contributed by atoms with E-state index in [1.165, 1.54) is 28.3 Å². The molecule has 5 rings (SSSR count). The van der Waals surface area contributed by atoms with Gasteiger partial charge >= 0.3 is 5.97 Å². The molecule has 0 unspecified atom stereocenters. The second-order valence-corrected chi connectivity index (χ2v) is 9.19. The fourth-order valence-electron chi connectivity index (χ4n) is 3.56. The second kappa shape index (κ2) is 7.74. The number of benzene rings is 1. The molecule has 146 valence electrons. The highest BCUT2D eigenvalue weighted by atomic mass is 35.5. The SMILES string of the molecule is O=C(O/N=C\c1c(-c2ccc(Cl)cc2)nc2sc3c(n12)CCCC3)c1cccs1. The van der Waals surface area contributed by atoms with Gasteiger partial charge in [0.15, 0.2) is 4.96 Å². The van der Waals surface area contributed by atoms with Gasteiger partial charge in [-0.1, -0.05) is 35.0 Å². The molecule has 0 spiro atoms. The number of halogens is 1. The molecule has 29 heavy (non-hydrogen) atoms. The molecule has 4 aromatic rings. The maximum Gasteiger partial charge on any atom is 0.375 e. The molecule has 0 amide bonds. The number of thiazole rings is 1. The number of hydrogen-bond donors (Lipinski definition) is 0. The fourth-order valence-corrected chi connectivity index (χ4v) is 5.50. The Kier molecular flexibility index (Phi) is 4.95. The third kappa shape index (κ3) is 3.50. The molecule has 1 aliphatic carbocycles. The van der Waals surface area contributed by atoms with E-state index in [2.05, 4.69) is 9.56 Å². The first-order valence-corrected chi connectivity index (χ1v) is 11.4. The summed E-state index contributed by atoms with van der Waals surface area (Å²) < 4.78 is 2.16. The van der Waals surface area contributed by atoms with Crippen molar-refractivity contribution in [2.24, 2.45) is 5.16 Å². The number of aromatic nitrogens is 2. The van der Waals surface area contributed by atoms with Crippen molar-refractivity contribution in [1.82, 2.24) is 9.38 Å². The summed E-state index contributed by atoms with van der Waals surface area (Å²) in [4.78, 5) is 24.9. The van der Waals surface area contributed by atoms with Crippen LogP contribution in [0.15, 0.2) is 46.9 Å². The first-order chi connectivity index (χ1) is 14.2. The number of carbonyl (C=O) groups is 1. The summed E-state index contributed by atoms with van der Waals surface area (Å²) in [6.45, 7) is 0. The van der Waals surface area contributed by atoms with Crippen LogP contribution < -0.4 is 0 Å². The third-order valence-corrected chi connectivity index (χ3v) is 7.15. The molecular weight excluding hydrogens is 426 g/mol. The highest BCUT2D eigenvalue weighted by Gasteiger charge is 2.22. The van der Waals surface area contributed by atoms with Crippen LogP contribution >= 0.6 is 34.3 Å². The summed E-state index contributed by atoms with van der Waals surface area (Å²) in [6, 6.07) is 11.1. The van der Waals surface area contributed by atoms with Crippen LogP contribution in [0.2, 0.25) is 5.02 Å². The predicted molar refractivity (Wildman–Crippen MR) is 117 cm³/mol. The van der Waals surface area contributed by atoms with Crippen molar-refractivity contribution in [2.45, 2.75) is 25.7 Å². The van der Waals surface area contributed by atoms with Gasteiger partial charge in [-0.05, 0) is 49.3 Å². The molecule has 3 heterocycles. The number of carbonyl (C=O) groups excluding carboxylic acids is 1. The van der Waals surface area contributed by atoms with Crippen LogP contribution in [-0.4, -0.2) is 21.6 Å². The lowest BCUT2D eigenvalue weighted by Crippen LogP contribution is -2.05. The Labute approximate surface area is 180 Å². The molecule has 3 aromatic heterocycles. The number of oxime groups is 1. The minimum atomic E-state index is -0.461. The van der Waals surface area contributed by atoms with Crippen LogP contribution in [0.25, 0.3) is 16.2 Å². The van der Waals surface area contributed by atoms with E-state index in [0.717, 1.165) is 41.2 Å². The van der Waals surface area contributed by atoms with Crippen LogP contribution in [0, 0.1) is 0 Å². The average molecular weight is 442 g/mol. The van der Waals surface area contributed by atoms with Crippen molar-refractivity contribution in [3.8, 4) is 11.3 Å². The van der Waals surface area contributed by atoms with Crippen LogP contribution in [0.1, 0.15) is 38.8 Å². The number of aryl methyl sites for hydroxylation is 2. The average Bonchev–Trinajstić information content (AvgIpc) is 3.45. The Balaban J connectivity index is 1.57. The van der Waals surface area contributed by atoms with Gasteiger partial charge in [0.1, 0.15) is 4.88 Å². The minimum Gasteiger partial charge on any atom is -0.312 e. The molecule has 1 aliphatic rings. The van der Waals surface area contributed by atoms with E-state index >= 15 is 0 Å². The van der Waals surface area contributed by atoms with Gasteiger partial charge in [-0.15, -0.1) is 22.7 Å². The Morgan fingerprint density at radius 1 is 1.21 bits per heavy atom. The zero-order chi connectivity index (χ0) is 19.8. The zero-order valence-electron chi connectivity index (χ0n) is 15.3. The summed E-state index contributed by atoms with van der Waals surface area (Å²) in [5.41, 5.74) is 3.86. The Morgan fingerprint density at radius 3 is 2.83 bits per heavy atom. The first kappa shape index (κ1) is 18.5. The standard InChI is InChI=1S/C21H16ClN3O2S2/c22-14-9-7-13(8-10-14)19-16(12-23-27-20(26)18-6-3-11-28-18)25-15-4-1-2-5-17(15)29-21(25)24-19/h3,6-12H,1-2,4-5H2/b23-12-. The maximum atomic E-state index is 12.1. The number of imidazole rings is 1. The van der Waals surface area contributed by atoms with Gasteiger partial charge in [-0.3, -0.25) is 4.40 Å². The van der Waals surface area contributed by atoms with E-state index in [1.807, 2.05) is 35.7 Å². The highest BCUT2D eigenvalue weighted by molar-refractivity contribution is 7.17. The number of hydrogen-bond acceptors (Lipinski definition) is 6. The molecule has 0 saturated carbocycles. The van der Waals surface area contributed by atoms with E-state index in [9.17, 15) is 4.79 Å². The lowest BCUT2D eigenvalue weighted by molar-refractivity contribution is 0.0525. The highest BCUT2D eigenvalue weighted by Crippen LogP contribution is 2.34. The summed E-state index contributed by atoms with van der Waals surface area (Å²) in [5.74, 6) is -0.461. The Morgan fingerprint density at radius 2 is 2.03 bits per heavy atom. The topological polar surface area (TPSA) is 56.0 Å². The van der Waals surface area contributed by atoms with Crippen molar-refractivity contribution in [3.63, 3.8) is 0 Å². The Hall–Kier alpha value is -2.48. The summed E-state index contributed by atoms with van der Waals surface area (Å²) in [6.07, 6.45) is 6.07. The number of rotatable bonds is 4. The van der Waals surface area contributed by atoms with E-state index in [0.29, 0.717) is 9.90 Å². The van der Waals surface area contributed by atoms with Crippen molar-refractivity contribution < 1.29 is 9.63 Å². The molecule has 0 atom stereocenters.